The summed E-state index contributed by atoms with van der Waals surface area (Å²) in [7, 11) is 0. The highest BCUT2D eigenvalue weighted by molar-refractivity contribution is 6.04. The molecule has 34 heavy (non-hydrogen) atoms. The number of nitrogens with one attached hydrogen (secondary N) is 2. The van der Waals surface area contributed by atoms with Crippen LogP contribution in [0.25, 0.3) is 5.69 Å². The summed E-state index contributed by atoms with van der Waals surface area (Å²) in [5.41, 5.74) is 1.74. The highest BCUT2D eigenvalue weighted by Crippen LogP contribution is 2.19. The molecule has 1 atom stereocenters. The second-order valence-corrected chi connectivity index (χ2v) is 7.49. The molecule has 4 rings (SSSR count). The fraction of sp³-hybridized carbons (Fsp3) is 0.0769. The Bertz CT molecular complexity index is 1290. The van der Waals surface area contributed by atoms with E-state index in [4.69, 9.17) is 0 Å². The highest BCUT2D eigenvalue weighted by Gasteiger charge is 2.23. The van der Waals surface area contributed by atoms with Crippen LogP contribution in [0.4, 0.5) is 5.82 Å². The van der Waals surface area contributed by atoms with Crippen LogP contribution in [0.3, 0.4) is 0 Å². The second-order valence-electron chi connectivity index (χ2n) is 7.49. The number of rotatable bonds is 8. The van der Waals surface area contributed by atoms with Crippen LogP contribution in [0.2, 0.25) is 0 Å². The van der Waals surface area contributed by atoms with E-state index < -0.39 is 17.8 Å². The number of carbonyl (C=O) groups is 3. The largest absolute Gasteiger partial charge is 0.481 e. The number of benzene rings is 3. The average Bonchev–Trinajstić information content (AvgIpc) is 3.29. The van der Waals surface area contributed by atoms with Crippen LogP contribution in [0.15, 0.2) is 97.1 Å². The number of hydrogen-bond donors (Lipinski definition) is 3. The van der Waals surface area contributed by atoms with Gasteiger partial charge in [0.15, 0.2) is 5.69 Å². The summed E-state index contributed by atoms with van der Waals surface area (Å²) in [6.45, 7) is -0.109. The quantitative estimate of drug-likeness (QED) is 0.376. The molecule has 3 aromatic carbocycles. The van der Waals surface area contributed by atoms with Gasteiger partial charge in [0.2, 0.25) is 0 Å². The average molecular weight is 454 g/mol. The number of aromatic nitrogens is 2. The molecule has 2 amide bonds. The van der Waals surface area contributed by atoms with Gasteiger partial charge in [-0.15, -0.1) is 0 Å². The maximum absolute atomic E-state index is 12.9. The number of carboxylic acids is 1. The molecule has 0 aliphatic carbocycles. The molecule has 8 heteroatoms. The van der Waals surface area contributed by atoms with Crippen LogP contribution in [0.1, 0.15) is 32.3 Å². The molecular weight excluding hydrogens is 432 g/mol. The molecule has 0 aliphatic rings. The number of anilines is 1. The number of aliphatic carboxylic acids is 1. The highest BCUT2D eigenvalue weighted by atomic mass is 16.4. The van der Waals surface area contributed by atoms with E-state index in [1.807, 2.05) is 24.3 Å². The molecule has 0 saturated heterocycles. The third-order valence-electron chi connectivity index (χ3n) is 5.19. The summed E-state index contributed by atoms with van der Waals surface area (Å²) in [6.07, 6.45) is 0. The molecule has 0 spiro atoms. The SMILES string of the molecule is O=C(Nc1cc(C(=O)NCC(C(=O)O)c2ccccc2)nn1-c1ccccc1)c1ccccc1. The van der Waals surface area contributed by atoms with Crippen molar-refractivity contribution in [2.24, 2.45) is 0 Å². The van der Waals surface area contributed by atoms with Gasteiger partial charge in [0.25, 0.3) is 11.8 Å². The maximum atomic E-state index is 12.9. The van der Waals surface area contributed by atoms with Gasteiger partial charge in [0, 0.05) is 18.2 Å². The molecule has 1 heterocycles. The third kappa shape index (κ3) is 5.18. The maximum Gasteiger partial charge on any atom is 0.312 e. The van der Waals surface area contributed by atoms with Crippen LogP contribution in [-0.2, 0) is 4.79 Å². The van der Waals surface area contributed by atoms with Gasteiger partial charge in [-0.05, 0) is 29.8 Å². The lowest BCUT2D eigenvalue weighted by molar-refractivity contribution is -0.138. The summed E-state index contributed by atoms with van der Waals surface area (Å²) >= 11 is 0. The Labute approximate surface area is 195 Å². The normalized spacial score (nSPS) is 11.4. The summed E-state index contributed by atoms with van der Waals surface area (Å²) < 4.78 is 1.46. The van der Waals surface area contributed by atoms with E-state index in [0.717, 1.165) is 0 Å². The van der Waals surface area contributed by atoms with Gasteiger partial charge in [-0.2, -0.15) is 5.10 Å². The fourth-order valence-corrected chi connectivity index (χ4v) is 3.44. The van der Waals surface area contributed by atoms with Crippen LogP contribution in [-0.4, -0.2) is 39.2 Å². The van der Waals surface area contributed by atoms with Gasteiger partial charge in [0.05, 0.1) is 11.6 Å². The summed E-state index contributed by atoms with van der Waals surface area (Å²) in [4.78, 5) is 37.3. The van der Waals surface area contributed by atoms with E-state index in [0.29, 0.717) is 22.6 Å². The molecule has 0 aliphatic heterocycles. The number of para-hydroxylation sites is 1. The lowest BCUT2D eigenvalue weighted by Crippen LogP contribution is -2.32. The first-order valence-corrected chi connectivity index (χ1v) is 10.6. The van der Waals surface area contributed by atoms with Crippen LogP contribution < -0.4 is 10.6 Å². The summed E-state index contributed by atoms with van der Waals surface area (Å²) in [5, 5.41) is 19.4. The van der Waals surface area contributed by atoms with E-state index >= 15 is 0 Å². The molecule has 8 nitrogen and oxygen atoms in total. The zero-order valence-electron chi connectivity index (χ0n) is 18.1. The topological polar surface area (TPSA) is 113 Å². The molecule has 170 valence electrons. The van der Waals surface area contributed by atoms with Gasteiger partial charge in [-0.25, -0.2) is 4.68 Å². The minimum Gasteiger partial charge on any atom is -0.481 e. The van der Waals surface area contributed by atoms with Crippen molar-refractivity contribution in [3.8, 4) is 5.69 Å². The summed E-state index contributed by atoms with van der Waals surface area (Å²) in [5.74, 6) is -2.54. The Morgan fingerprint density at radius 3 is 2.03 bits per heavy atom. The predicted molar refractivity (Wildman–Crippen MR) is 127 cm³/mol. The molecule has 4 aromatic rings. The fourth-order valence-electron chi connectivity index (χ4n) is 3.44. The molecule has 0 fully saturated rings. The summed E-state index contributed by atoms with van der Waals surface area (Å²) in [6, 6.07) is 27.9. The minimum atomic E-state index is -1.04. The Morgan fingerprint density at radius 1 is 0.824 bits per heavy atom. The Kier molecular flexibility index (Phi) is 6.78. The van der Waals surface area contributed by atoms with Gasteiger partial charge >= 0.3 is 5.97 Å². The first-order chi connectivity index (χ1) is 16.5. The lowest BCUT2D eigenvalue weighted by atomic mass is 9.99. The van der Waals surface area contributed by atoms with Crippen molar-refractivity contribution < 1.29 is 19.5 Å². The van der Waals surface area contributed by atoms with Crippen molar-refractivity contribution in [1.82, 2.24) is 15.1 Å². The first-order valence-electron chi connectivity index (χ1n) is 10.6. The number of amides is 2. The Hall–Kier alpha value is -4.72. The smallest absolute Gasteiger partial charge is 0.312 e. The zero-order valence-corrected chi connectivity index (χ0v) is 18.1. The van der Waals surface area contributed by atoms with Gasteiger partial charge in [0.1, 0.15) is 5.82 Å². The molecule has 3 N–H and O–H groups in total. The zero-order chi connectivity index (χ0) is 23.9. The number of nitrogens with zero attached hydrogens (tertiary/aromatic N) is 2. The molecule has 1 unspecified atom stereocenters. The molecule has 0 bridgehead atoms. The van der Waals surface area contributed by atoms with Crippen LogP contribution in [0.5, 0.6) is 0 Å². The third-order valence-corrected chi connectivity index (χ3v) is 5.19. The van der Waals surface area contributed by atoms with Gasteiger partial charge < -0.3 is 15.7 Å². The van der Waals surface area contributed by atoms with E-state index in [1.165, 1.54) is 10.7 Å². The standard InChI is InChI=1S/C26H22N4O4/c31-24(19-12-6-2-7-13-19)28-23-16-22(29-30(23)20-14-8-3-9-15-20)25(32)27-17-21(26(33)34)18-10-4-1-5-11-18/h1-16,21H,17H2,(H,27,32)(H,28,31)(H,33,34). The van der Waals surface area contributed by atoms with Gasteiger partial charge in [-0.3, -0.25) is 14.4 Å². The molecule has 1 aromatic heterocycles. The lowest BCUT2D eigenvalue weighted by Gasteiger charge is -2.13. The first kappa shape index (κ1) is 22.5. The van der Waals surface area contributed by atoms with Crippen LogP contribution >= 0.6 is 0 Å². The van der Waals surface area contributed by atoms with E-state index in [1.54, 1.807) is 66.7 Å². The van der Waals surface area contributed by atoms with Crippen molar-refractivity contribution in [3.63, 3.8) is 0 Å². The second kappa shape index (κ2) is 10.3. The van der Waals surface area contributed by atoms with Crippen molar-refractivity contribution in [2.75, 3.05) is 11.9 Å². The van der Waals surface area contributed by atoms with Crippen molar-refractivity contribution in [2.45, 2.75) is 5.92 Å². The van der Waals surface area contributed by atoms with Crippen molar-refractivity contribution in [3.05, 3.63) is 114 Å². The van der Waals surface area contributed by atoms with Gasteiger partial charge in [-0.1, -0.05) is 66.7 Å². The predicted octanol–water partition coefficient (Wildman–Crippen LogP) is 3.72. The minimum absolute atomic E-state index is 0.0458. The van der Waals surface area contributed by atoms with Crippen LogP contribution in [0, 0.1) is 0 Å². The van der Waals surface area contributed by atoms with E-state index in [2.05, 4.69) is 15.7 Å². The molecule has 0 radical (unpaired) electrons. The molecule has 0 saturated carbocycles. The molecular formula is C26H22N4O4. The van der Waals surface area contributed by atoms with E-state index in [9.17, 15) is 19.5 Å². The monoisotopic (exact) mass is 454 g/mol. The number of hydrogen-bond acceptors (Lipinski definition) is 4. The number of carboxylic acid groups (broad SMARTS) is 1. The van der Waals surface area contributed by atoms with E-state index in [-0.39, 0.29) is 18.1 Å². The number of carbonyl (C=O) groups excluding carboxylic acids is 2. The van der Waals surface area contributed by atoms with Crippen molar-refractivity contribution in [1.29, 1.82) is 0 Å². The Morgan fingerprint density at radius 2 is 1.41 bits per heavy atom. The Balaban J connectivity index is 1.57. The van der Waals surface area contributed by atoms with Crippen molar-refractivity contribution >= 4 is 23.6 Å².